The maximum atomic E-state index is 14.0. The first kappa shape index (κ1) is 44.9. The quantitative estimate of drug-likeness (QED) is 0.0689. The molecule has 1 aromatic heterocycles. The Kier molecular flexibility index (Phi) is 16.2. The average Bonchev–Trinajstić information content (AvgIpc) is 3.72. The standard InChI is InChI=1S/C45H56N8O7/c1-4-28(2)40(45(60)51-35(41(56)47-3)25-30-16-9-6-10-17-30)52-44(59)37-20-13-23-53(37)27-38(54)34(24-29-14-7-5-8-15-29)49-43(58)36(26-39(46)55)50-42(57)33-22-21-31-18-11-12-19-32(31)48-33/h5-12,14-19,21-22,28,34-38,40,54H,4,13,20,23-27H2,1-3H3,(H2,46,55)(H,47,56)(H,49,58)(H,50,57)(H,51,60)(H,52,59)/t28?,34-,35?,36?,37?,38?,40?/m0/s1. The lowest BCUT2D eigenvalue weighted by molar-refractivity contribution is -0.134. The number of amides is 6. The summed E-state index contributed by atoms with van der Waals surface area (Å²) in [6.45, 7) is 4.22. The molecule has 60 heavy (non-hydrogen) atoms. The molecule has 0 saturated carbocycles. The van der Waals surface area contributed by atoms with Crippen LogP contribution in [0, 0.1) is 5.92 Å². The number of aliphatic hydroxyl groups excluding tert-OH is 1. The summed E-state index contributed by atoms with van der Waals surface area (Å²) in [6.07, 6.45) is 0.419. The molecule has 318 valence electrons. The fourth-order valence-electron chi connectivity index (χ4n) is 7.43. The van der Waals surface area contributed by atoms with Crippen molar-refractivity contribution >= 4 is 46.3 Å². The molecule has 15 nitrogen and oxygen atoms in total. The molecule has 8 N–H and O–H groups in total. The number of benzene rings is 3. The third-order valence-corrected chi connectivity index (χ3v) is 11.0. The zero-order valence-corrected chi connectivity index (χ0v) is 34.3. The number of aliphatic hydroxyl groups is 1. The number of likely N-dealkylation sites (N-methyl/N-ethyl adjacent to an activating group) is 1. The van der Waals surface area contributed by atoms with Crippen molar-refractivity contribution in [2.75, 3.05) is 20.1 Å². The Bertz CT molecular complexity index is 2100. The number of likely N-dealkylation sites (tertiary alicyclic amines) is 1. The van der Waals surface area contributed by atoms with Crippen LogP contribution in [0.2, 0.25) is 0 Å². The second kappa shape index (κ2) is 21.7. The molecule has 2 heterocycles. The van der Waals surface area contributed by atoms with Crippen LogP contribution in [0.25, 0.3) is 10.9 Å². The molecule has 0 radical (unpaired) electrons. The summed E-state index contributed by atoms with van der Waals surface area (Å²) < 4.78 is 0. The molecule has 1 fully saturated rings. The summed E-state index contributed by atoms with van der Waals surface area (Å²) in [4.78, 5) is 86.2. The van der Waals surface area contributed by atoms with Crippen LogP contribution in [0.15, 0.2) is 97.1 Å². The largest absolute Gasteiger partial charge is 0.390 e. The highest BCUT2D eigenvalue weighted by molar-refractivity contribution is 5.99. The van der Waals surface area contributed by atoms with Crippen LogP contribution in [-0.2, 0) is 36.8 Å². The van der Waals surface area contributed by atoms with E-state index in [9.17, 15) is 33.9 Å². The van der Waals surface area contributed by atoms with Crippen molar-refractivity contribution in [3.63, 3.8) is 0 Å². The molecule has 0 spiro atoms. The smallest absolute Gasteiger partial charge is 0.270 e. The Morgan fingerprint density at radius 3 is 2.08 bits per heavy atom. The van der Waals surface area contributed by atoms with E-state index in [-0.39, 0.29) is 36.9 Å². The minimum absolute atomic E-state index is 0.0141. The minimum atomic E-state index is -1.38. The minimum Gasteiger partial charge on any atom is -0.390 e. The van der Waals surface area contributed by atoms with Crippen LogP contribution in [0.5, 0.6) is 0 Å². The number of nitrogens with zero attached hydrogens (tertiary/aromatic N) is 2. The van der Waals surface area contributed by atoms with E-state index in [1.54, 1.807) is 18.2 Å². The SMILES string of the molecule is CCC(C)C(NC(=O)C1CCCN1CC(O)[C@H](Cc1ccccc1)NC(=O)C(CC(N)=O)NC(=O)c1ccc2ccccc2n1)C(=O)NC(Cc1ccccc1)C(=O)NC. The summed E-state index contributed by atoms with van der Waals surface area (Å²) in [5, 5.41) is 26.5. The van der Waals surface area contributed by atoms with E-state index in [4.69, 9.17) is 5.73 Å². The first-order valence-corrected chi connectivity index (χ1v) is 20.4. The van der Waals surface area contributed by atoms with Crippen molar-refractivity contribution in [3.05, 3.63) is 114 Å². The van der Waals surface area contributed by atoms with E-state index in [0.717, 1.165) is 16.5 Å². The third-order valence-electron chi connectivity index (χ3n) is 11.0. The van der Waals surface area contributed by atoms with Crippen LogP contribution < -0.4 is 32.3 Å². The van der Waals surface area contributed by atoms with Gasteiger partial charge in [0.05, 0.1) is 30.1 Å². The van der Waals surface area contributed by atoms with Crippen molar-refractivity contribution < 1.29 is 33.9 Å². The van der Waals surface area contributed by atoms with E-state index < -0.39 is 72.3 Å². The molecule has 1 aliphatic heterocycles. The van der Waals surface area contributed by atoms with Gasteiger partial charge in [-0.1, -0.05) is 105 Å². The summed E-state index contributed by atoms with van der Waals surface area (Å²) >= 11 is 0. The number of nitrogens with two attached hydrogens (primary N) is 1. The third kappa shape index (κ3) is 12.4. The van der Waals surface area contributed by atoms with Crippen LogP contribution in [-0.4, -0.2) is 107 Å². The zero-order chi connectivity index (χ0) is 43.2. The molecule has 1 saturated heterocycles. The topological polar surface area (TPSA) is 225 Å². The maximum Gasteiger partial charge on any atom is 0.270 e. The molecule has 15 heteroatoms. The van der Waals surface area contributed by atoms with Gasteiger partial charge in [-0.05, 0) is 55.0 Å². The number of nitrogens with one attached hydrogen (secondary N) is 5. The molecule has 0 aliphatic carbocycles. The Morgan fingerprint density at radius 1 is 0.783 bits per heavy atom. The number of hydrogen-bond donors (Lipinski definition) is 7. The summed E-state index contributed by atoms with van der Waals surface area (Å²) in [5.74, 6) is -3.74. The number of carbonyl (C=O) groups is 6. The Hall–Kier alpha value is -6.19. The normalized spacial score (nSPS) is 17.0. The lowest BCUT2D eigenvalue weighted by Crippen LogP contribution is -2.59. The number of rotatable bonds is 20. The molecule has 1 aliphatic rings. The number of aromatic nitrogens is 1. The second-order valence-corrected chi connectivity index (χ2v) is 15.3. The van der Waals surface area contributed by atoms with Gasteiger partial charge in [0.1, 0.15) is 23.8 Å². The van der Waals surface area contributed by atoms with Gasteiger partial charge in [0, 0.05) is 25.4 Å². The van der Waals surface area contributed by atoms with Gasteiger partial charge in [0.2, 0.25) is 29.5 Å². The fraction of sp³-hybridized carbons (Fsp3) is 0.400. The second-order valence-electron chi connectivity index (χ2n) is 15.3. The van der Waals surface area contributed by atoms with Crippen LogP contribution in [0.1, 0.15) is 61.1 Å². The predicted octanol–water partition coefficient (Wildman–Crippen LogP) is 1.77. The molecular formula is C45H56N8O7. The Morgan fingerprint density at radius 2 is 1.43 bits per heavy atom. The van der Waals surface area contributed by atoms with E-state index >= 15 is 0 Å². The fourth-order valence-corrected chi connectivity index (χ4v) is 7.43. The van der Waals surface area contributed by atoms with Gasteiger partial charge in [0.25, 0.3) is 5.91 Å². The summed E-state index contributed by atoms with van der Waals surface area (Å²) in [6, 6.07) is 24.2. The number of β-amino-alcohol motifs (C(OH)–C–C–N with tert-alkyl or cyclic N) is 1. The molecular weight excluding hydrogens is 765 g/mol. The van der Waals surface area contributed by atoms with Gasteiger partial charge in [-0.3, -0.25) is 33.7 Å². The lowest BCUT2D eigenvalue weighted by Gasteiger charge is -2.33. The van der Waals surface area contributed by atoms with Crippen molar-refractivity contribution in [1.29, 1.82) is 0 Å². The predicted molar refractivity (Wildman–Crippen MR) is 227 cm³/mol. The number of primary amides is 1. The van der Waals surface area contributed by atoms with E-state index in [0.29, 0.717) is 31.3 Å². The molecule has 0 bridgehead atoms. The van der Waals surface area contributed by atoms with Crippen LogP contribution in [0.3, 0.4) is 0 Å². The van der Waals surface area contributed by atoms with Gasteiger partial charge >= 0.3 is 0 Å². The lowest BCUT2D eigenvalue weighted by atomic mass is 9.96. The number of pyridine rings is 1. The summed E-state index contributed by atoms with van der Waals surface area (Å²) in [5.41, 5.74) is 7.81. The van der Waals surface area contributed by atoms with Gasteiger partial charge < -0.3 is 37.4 Å². The highest BCUT2D eigenvalue weighted by Crippen LogP contribution is 2.21. The van der Waals surface area contributed by atoms with Gasteiger partial charge in [0.15, 0.2) is 0 Å². The van der Waals surface area contributed by atoms with Crippen LogP contribution in [0.4, 0.5) is 0 Å². The highest BCUT2D eigenvalue weighted by atomic mass is 16.3. The summed E-state index contributed by atoms with van der Waals surface area (Å²) in [7, 11) is 1.50. The van der Waals surface area contributed by atoms with Gasteiger partial charge in [-0.25, -0.2) is 4.98 Å². The zero-order valence-electron chi connectivity index (χ0n) is 34.3. The monoisotopic (exact) mass is 820 g/mol. The number of fused-ring (bicyclic) bond motifs is 1. The van der Waals surface area contributed by atoms with Crippen molar-refractivity contribution in [2.45, 2.75) is 88.7 Å². The van der Waals surface area contributed by atoms with E-state index in [1.165, 1.54) is 13.1 Å². The Balaban J connectivity index is 1.29. The van der Waals surface area contributed by atoms with Gasteiger partial charge in [-0.2, -0.15) is 0 Å². The van der Waals surface area contributed by atoms with E-state index in [1.807, 2.05) is 91.5 Å². The molecule has 6 unspecified atom stereocenters. The van der Waals surface area contributed by atoms with Crippen molar-refractivity contribution in [3.8, 4) is 0 Å². The number of para-hydroxylation sites is 1. The number of hydrogen-bond acceptors (Lipinski definition) is 9. The number of carbonyl (C=O) groups excluding carboxylic acids is 6. The maximum absolute atomic E-state index is 14.0. The highest BCUT2D eigenvalue weighted by Gasteiger charge is 2.38. The van der Waals surface area contributed by atoms with Gasteiger partial charge in [-0.15, -0.1) is 0 Å². The Labute approximate surface area is 350 Å². The van der Waals surface area contributed by atoms with Crippen LogP contribution >= 0.6 is 0 Å². The first-order chi connectivity index (χ1) is 28.9. The van der Waals surface area contributed by atoms with Crippen molar-refractivity contribution in [2.24, 2.45) is 11.7 Å². The molecule has 3 aromatic carbocycles. The molecule has 4 aromatic rings. The van der Waals surface area contributed by atoms with E-state index in [2.05, 4.69) is 31.6 Å². The van der Waals surface area contributed by atoms with Crippen molar-refractivity contribution in [1.82, 2.24) is 36.5 Å². The first-order valence-electron chi connectivity index (χ1n) is 20.4. The average molecular weight is 821 g/mol. The molecule has 6 amide bonds. The molecule has 5 rings (SSSR count). The molecule has 7 atom stereocenters.